The zero-order valence-corrected chi connectivity index (χ0v) is 17.2. The highest BCUT2D eigenvalue weighted by atomic mass is 32.2. The molecule has 29 heavy (non-hydrogen) atoms. The van der Waals surface area contributed by atoms with Gasteiger partial charge in [0.1, 0.15) is 16.7 Å². The fourth-order valence-corrected chi connectivity index (χ4v) is 4.95. The summed E-state index contributed by atoms with van der Waals surface area (Å²) >= 11 is 1.11. The van der Waals surface area contributed by atoms with Crippen molar-refractivity contribution in [3.8, 4) is 0 Å². The zero-order chi connectivity index (χ0) is 20.6. The van der Waals surface area contributed by atoms with Crippen molar-refractivity contribution in [2.75, 3.05) is 0 Å². The van der Waals surface area contributed by atoms with Crippen LogP contribution in [-0.2, 0) is 10.0 Å². The average Bonchev–Trinajstić information content (AvgIpc) is 3.15. The molecule has 8 nitrogen and oxygen atoms in total. The van der Waals surface area contributed by atoms with Gasteiger partial charge in [0.05, 0.1) is 4.90 Å². The molecule has 10 heteroatoms. The summed E-state index contributed by atoms with van der Waals surface area (Å²) in [5.74, 6) is 0. The van der Waals surface area contributed by atoms with Gasteiger partial charge in [-0.15, -0.1) is 10.2 Å². The monoisotopic (exact) mass is 427 g/mol. The molecule has 0 bridgehead atoms. The number of aromatic nitrogens is 4. The highest BCUT2D eigenvalue weighted by Gasteiger charge is 2.26. The van der Waals surface area contributed by atoms with E-state index in [-0.39, 0.29) is 16.1 Å². The van der Waals surface area contributed by atoms with Gasteiger partial charge < -0.3 is 0 Å². The van der Waals surface area contributed by atoms with Gasteiger partial charge >= 0.3 is 0 Å². The largest absolute Gasteiger partial charge is 0.296 e. The quantitative estimate of drug-likeness (QED) is 0.523. The van der Waals surface area contributed by atoms with Crippen LogP contribution in [0, 0.1) is 13.8 Å². The summed E-state index contributed by atoms with van der Waals surface area (Å²) in [6, 6.07) is 14.9. The van der Waals surface area contributed by atoms with Gasteiger partial charge in [0.2, 0.25) is 15.0 Å². The van der Waals surface area contributed by atoms with Gasteiger partial charge in [-0.05, 0) is 31.5 Å². The van der Waals surface area contributed by atoms with E-state index in [1.807, 2.05) is 25.1 Å². The molecule has 0 saturated heterocycles. The Bertz CT molecular complexity index is 1330. The van der Waals surface area contributed by atoms with Crippen LogP contribution in [0.5, 0.6) is 0 Å². The fraction of sp³-hybridized carbons (Fsp3) is 0.158. The number of rotatable bonds is 5. The van der Waals surface area contributed by atoms with Crippen LogP contribution >= 0.6 is 11.3 Å². The molecule has 0 aliphatic carbocycles. The molecule has 1 N–H and O–H groups in total. The van der Waals surface area contributed by atoms with E-state index in [2.05, 4.69) is 20.0 Å². The second-order valence-electron chi connectivity index (χ2n) is 6.50. The van der Waals surface area contributed by atoms with Gasteiger partial charge in [-0.1, -0.05) is 59.4 Å². The number of fused-ring (bicyclic) bond motifs is 1. The molecule has 148 valence electrons. The fourth-order valence-electron chi connectivity index (χ4n) is 2.77. The molecule has 4 aromatic rings. The van der Waals surface area contributed by atoms with Crippen LogP contribution in [0.4, 0.5) is 0 Å². The Morgan fingerprint density at radius 3 is 2.38 bits per heavy atom. The predicted octanol–water partition coefficient (Wildman–Crippen LogP) is 2.23. The lowest BCUT2D eigenvalue weighted by Gasteiger charge is -2.17. The minimum Gasteiger partial charge on any atom is -0.265 e. The van der Waals surface area contributed by atoms with Crippen LogP contribution in [0.2, 0.25) is 0 Å². The number of hydrogen-bond acceptors (Lipinski definition) is 7. The Labute approximate surface area is 170 Å². The van der Waals surface area contributed by atoms with Crippen molar-refractivity contribution in [2.45, 2.75) is 24.8 Å². The maximum Gasteiger partial charge on any atom is 0.296 e. The molecule has 0 amide bonds. The molecule has 0 spiro atoms. The normalized spacial score (nSPS) is 12.9. The Morgan fingerprint density at radius 2 is 1.69 bits per heavy atom. The van der Waals surface area contributed by atoms with Gasteiger partial charge in [-0.3, -0.25) is 4.79 Å². The molecule has 4 rings (SSSR count). The SMILES string of the molecule is Cc1ccc(S(=O)(=O)NC(c2ccccc2)c2nn3c(=O)c(C)nnc3s2)cc1. The van der Waals surface area contributed by atoms with Crippen molar-refractivity contribution in [3.05, 3.63) is 86.8 Å². The van der Waals surface area contributed by atoms with E-state index in [4.69, 9.17) is 0 Å². The third-order valence-electron chi connectivity index (χ3n) is 4.35. The third-order valence-corrected chi connectivity index (χ3v) is 6.75. The molecule has 2 aromatic heterocycles. The Hall–Kier alpha value is -2.95. The van der Waals surface area contributed by atoms with Crippen LogP contribution in [0.1, 0.15) is 27.9 Å². The summed E-state index contributed by atoms with van der Waals surface area (Å²) in [7, 11) is -3.84. The molecular formula is C19H17N5O3S2. The van der Waals surface area contributed by atoms with E-state index in [0.29, 0.717) is 15.5 Å². The molecule has 1 atom stereocenters. The number of aryl methyl sites for hydroxylation is 2. The highest BCUT2D eigenvalue weighted by molar-refractivity contribution is 7.89. The molecule has 2 aromatic carbocycles. The maximum atomic E-state index is 13.0. The van der Waals surface area contributed by atoms with Crippen molar-refractivity contribution >= 4 is 26.3 Å². The van der Waals surface area contributed by atoms with E-state index in [9.17, 15) is 13.2 Å². The number of hydrogen-bond donors (Lipinski definition) is 1. The molecule has 0 saturated carbocycles. The summed E-state index contributed by atoms with van der Waals surface area (Å²) in [6.07, 6.45) is 0. The summed E-state index contributed by atoms with van der Waals surface area (Å²) in [6.45, 7) is 3.44. The average molecular weight is 428 g/mol. The summed E-state index contributed by atoms with van der Waals surface area (Å²) in [5, 5.41) is 12.6. The molecule has 0 fully saturated rings. The zero-order valence-electron chi connectivity index (χ0n) is 15.6. The second kappa shape index (κ2) is 7.47. The van der Waals surface area contributed by atoms with Crippen molar-refractivity contribution in [1.29, 1.82) is 0 Å². The molecule has 2 heterocycles. The smallest absolute Gasteiger partial charge is 0.265 e. The second-order valence-corrected chi connectivity index (χ2v) is 9.20. The van der Waals surface area contributed by atoms with Crippen LogP contribution in [0.25, 0.3) is 4.96 Å². The van der Waals surface area contributed by atoms with Gasteiger partial charge in [0.25, 0.3) is 5.56 Å². The van der Waals surface area contributed by atoms with Crippen LogP contribution < -0.4 is 10.3 Å². The van der Waals surface area contributed by atoms with Crippen molar-refractivity contribution in [3.63, 3.8) is 0 Å². The lowest BCUT2D eigenvalue weighted by Crippen LogP contribution is -2.30. The maximum absolute atomic E-state index is 13.0. The summed E-state index contributed by atoms with van der Waals surface area (Å²) in [5.41, 5.74) is 1.49. The first kappa shape index (κ1) is 19.4. The first-order valence-electron chi connectivity index (χ1n) is 8.72. The van der Waals surface area contributed by atoms with E-state index in [0.717, 1.165) is 21.4 Å². The van der Waals surface area contributed by atoms with E-state index in [1.54, 1.807) is 43.3 Å². The van der Waals surface area contributed by atoms with Crippen LogP contribution in [0.15, 0.2) is 64.3 Å². The summed E-state index contributed by atoms with van der Waals surface area (Å²) in [4.78, 5) is 12.8. The first-order valence-corrected chi connectivity index (χ1v) is 11.0. The Kier molecular flexibility index (Phi) is 4.99. The first-order chi connectivity index (χ1) is 13.8. The van der Waals surface area contributed by atoms with Gasteiger partial charge in [0, 0.05) is 0 Å². The van der Waals surface area contributed by atoms with Crippen molar-refractivity contribution in [1.82, 2.24) is 24.5 Å². The standard InChI is InChI=1S/C19H17N5O3S2/c1-12-8-10-15(11-9-12)29(26,27)23-16(14-6-4-3-5-7-14)17-22-24-18(25)13(2)20-21-19(24)28-17/h3-11,16,23H,1-2H3. The molecule has 0 radical (unpaired) electrons. The van der Waals surface area contributed by atoms with Gasteiger partial charge in [-0.2, -0.15) is 14.3 Å². The van der Waals surface area contributed by atoms with Crippen molar-refractivity contribution in [2.24, 2.45) is 0 Å². The molecule has 0 aliphatic rings. The van der Waals surface area contributed by atoms with E-state index < -0.39 is 16.1 Å². The van der Waals surface area contributed by atoms with Crippen LogP contribution in [0.3, 0.4) is 0 Å². The number of sulfonamides is 1. The highest BCUT2D eigenvalue weighted by Crippen LogP contribution is 2.27. The number of nitrogens with zero attached hydrogens (tertiary/aromatic N) is 4. The topological polar surface area (TPSA) is 106 Å². The minimum atomic E-state index is -3.84. The van der Waals surface area contributed by atoms with E-state index >= 15 is 0 Å². The number of nitrogens with one attached hydrogen (secondary N) is 1. The molecular weight excluding hydrogens is 410 g/mol. The van der Waals surface area contributed by atoms with Crippen LogP contribution in [-0.4, -0.2) is 28.2 Å². The Balaban J connectivity index is 1.82. The lowest BCUT2D eigenvalue weighted by molar-refractivity contribution is 0.570. The molecule has 1 unspecified atom stereocenters. The van der Waals surface area contributed by atoms with Gasteiger partial charge in [0.15, 0.2) is 0 Å². The lowest BCUT2D eigenvalue weighted by atomic mass is 10.1. The van der Waals surface area contributed by atoms with E-state index in [1.165, 1.54) is 0 Å². The summed E-state index contributed by atoms with van der Waals surface area (Å²) < 4.78 is 29.9. The Morgan fingerprint density at radius 1 is 1.00 bits per heavy atom. The molecule has 0 aliphatic heterocycles. The predicted molar refractivity (Wildman–Crippen MR) is 109 cm³/mol. The minimum absolute atomic E-state index is 0.151. The van der Waals surface area contributed by atoms with Crippen molar-refractivity contribution < 1.29 is 8.42 Å². The third kappa shape index (κ3) is 3.82. The number of benzene rings is 2. The van der Waals surface area contributed by atoms with Gasteiger partial charge in [-0.25, -0.2) is 8.42 Å².